The molecule has 0 aromatic heterocycles. The minimum atomic E-state index is -4.14. The number of hydrogen-bond donors (Lipinski definition) is 2. The van der Waals surface area contributed by atoms with Gasteiger partial charge in [0.25, 0.3) is 11.8 Å². The number of carbonyl (C=O) groups excluding carboxylic acids is 2. The van der Waals surface area contributed by atoms with Gasteiger partial charge in [0.1, 0.15) is 17.8 Å². The van der Waals surface area contributed by atoms with E-state index in [9.17, 15) is 27.9 Å². The van der Waals surface area contributed by atoms with E-state index in [2.05, 4.69) is 5.32 Å². The molecule has 2 N–H and O–H groups in total. The van der Waals surface area contributed by atoms with Gasteiger partial charge in [-0.2, -0.15) is 0 Å². The van der Waals surface area contributed by atoms with Crippen LogP contribution in [0.4, 0.5) is 0 Å². The Balaban J connectivity index is 2.06. The maximum Gasteiger partial charge on any atom is 0.327 e. The SMILES string of the molecule is CC(C)[C@@H](C(=O)O)N1C(=O)C(NC(=O)COc2ccccc2)CS1(=O)=O. The van der Waals surface area contributed by atoms with Crippen molar-refractivity contribution in [1.82, 2.24) is 9.62 Å². The fourth-order valence-corrected chi connectivity index (χ4v) is 4.51. The van der Waals surface area contributed by atoms with Crippen LogP contribution in [-0.2, 0) is 24.4 Å². The summed E-state index contributed by atoms with van der Waals surface area (Å²) in [6.45, 7) is 2.60. The standard InChI is InChI=1S/C16H20N2O7S/c1-10(2)14(16(21)22)18-15(20)12(9-26(18,23)24)17-13(19)8-25-11-6-4-3-5-7-11/h3-7,10,12,14H,8-9H2,1-2H3,(H,17,19)(H,21,22)/t12?,14-/m0/s1. The average Bonchev–Trinajstić information content (AvgIpc) is 2.76. The van der Waals surface area contributed by atoms with Crippen LogP contribution >= 0.6 is 0 Å². The number of sulfonamides is 1. The van der Waals surface area contributed by atoms with E-state index in [4.69, 9.17) is 4.74 Å². The van der Waals surface area contributed by atoms with Crippen molar-refractivity contribution in [1.29, 1.82) is 0 Å². The van der Waals surface area contributed by atoms with Gasteiger partial charge in [0.15, 0.2) is 6.61 Å². The number of nitrogens with one attached hydrogen (secondary N) is 1. The first-order chi connectivity index (χ1) is 12.1. The van der Waals surface area contributed by atoms with Gasteiger partial charge in [-0.05, 0) is 18.1 Å². The molecule has 2 atom stereocenters. The Morgan fingerprint density at radius 1 is 1.31 bits per heavy atom. The minimum absolute atomic E-state index is 0.364. The monoisotopic (exact) mass is 384 g/mol. The molecule has 1 saturated heterocycles. The van der Waals surface area contributed by atoms with Crippen molar-refractivity contribution in [2.45, 2.75) is 25.9 Å². The van der Waals surface area contributed by atoms with E-state index >= 15 is 0 Å². The van der Waals surface area contributed by atoms with Crippen LogP contribution in [0.15, 0.2) is 30.3 Å². The molecule has 0 bridgehead atoms. The average molecular weight is 384 g/mol. The Labute approximate surface area is 151 Å². The zero-order chi connectivity index (χ0) is 19.5. The topological polar surface area (TPSA) is 130 Å². The molecule has 10 heteroatoms. The maximum absolute atomic E-state index is 12.4. The predicted octanol–water partition coefficient (Wildman–Crippen LogP) is -0.169. The fourth-order valence-electron chi connectivity index (χ4n) is 2.62. The van der Waals surface area contributed by atoms with Gasteiger partial charge < -0.3 is 15.2 Å². The highest BCUT2D eigenvalue weighted by molar-refractivity contribution is 7.90. The molecule has 1 heterocycles. The number of rotatable bonds is 7. The number of carbonyl (C=O) groups is 3. The molecule has 1 aromatic rings. The van der Waals surface area contributed by atoms with Crippen LogP contribution in [0.5, 0.6) is 5.75 Å². The van der Waals surface area contributed by atoms with Crippen molar-refractivity contribution in [2.24, 2.45) is 5.92 Å². The molecule has 1 aliphatic rings. The van der Waals surface area contributed by atoms with E-state index < -0.39 is 58.2 Å². The molecule has 0 spiro atoms. The largest absolute Gasteiger partial charge is 0.484 e. The van der Waals surface area contributed by atoms with E-state index in [1.165, 1.54) is 13.8 Å². The highest BCUT2D eigenvalue weighted by Gasteiger charge is 2.50. The number of carboxylic acid groups (broad SMARTS) is 1. The van der Waals surface area contributed by atoms with Crippen LogP contribution in [0.1, 0.15) is 13.8 Å². The molecule has 1 aromatic carbocycles. The summed E-state index contributed by atoms with van der Waals surface area (Å²) in [5.74, 6) is -3.92. The Hall–Kier alpha value is -2.62. The summed E-state index contributed by atoms with van der Waals surface area (Å²) in [7, 11) is -4.14. The van der Waals surface area contributed by atoms with Crippen LogP contribution in [-0.4, -0.2) is 60.1 Å². The molecule has 2 rings (SSSR count). The first kappa shape index (κ1) is 19.7. The van der Waals surface area contributed by atoms with Gasteiger partial charge in [0.05, 0.1) is 5.75 Å². The number of para-hydroxylation sites is 1. The van der Waals surface area contributed by atoms with Gasteiger partial charge >= 0.3 is 5.97 Å². The maximum atomic E-state index is 12.4. The molecule has 1 fully saturated rings. The summed E-state index contributed by atoms with van der Waals surface area (Å²) in [6.07, 6.45) is 0. The lowest BCUT2D eigenvalue weighted by Crippen LogP contribution is -2.50. The molecule has 26 heavy (non-hydrogen) atoms. The van der Waals surface area contributed by atoms with E-state index in [0.29, 0.717) is 10.1 Å². The molecule has 1 aliphatic heterocycles. The molecule has 142 valence electrons. The van der Waals surface area contributed by atoms with Crippen molar-refractivity contribution in [3.63, 3.8) is 0 Å². The van der Waals surface area contributed by atoms with Crippen molar-refractivity contribution >= 4 is 27.8 Å². The molecule has 2 amide bonds. The van der Waals surface area contributed by atoms with Crippen molar-refractivity contribution < 1.29 is 32.6 Å². The van der Waals surface area contributed by atoms with Crippen LogP contribution in [0.3, 0.4) is 0 Å². The number of amides is 2. The summed E-state index contributed by atoms with van der Waals surface area (Å²) in [6, 6.07) is 5.63. The predicted molar refractivity (Wildman–Crippen MR) is 90.8 cm³/mol. The molecule has 9 nitrogen and oxygen atoms in total. The van der Waals surface area contributed by atoms with E-state index in [0.717, 1.165) is 0 Å². The number of ether oxygens (including phenoxy) is 1. The summed E-state index contributed by atoms with van der Waals surface area (Å²) < 4.78 is 30.1. The number of carboxylic acids is 1. The quantitative estimate of drug-likeness (QED) is 0.667. The second kappa shape index (κ2) is 7.73. The van der Waals surface area contributed by atoms with Crippen LogP contribution in [0, 0.1) is 5.92 Å². The van der Waals surface area contributed by atoms with Crippen molar-refractivity contribution in [2.75, 3.05) is 12.4 Å². The van der Waals surface area contributed by atoms with Gasteiger partial charge in [-0.15, -0.1) is 0 Å². The molecular formula is C16H20N2O7S. The van der Waals surface area contributed by atoms with Crippen molar-refractivity contribution in [3.8, 4) is 5.75 Å². The summed E-state index contributed by atoms with van der Waals surface area (Å²) in [4.78, 5) is 35.7. The number of benzene rings is 1. The van der Waals surface area contributed by atoms with Gasteiger partial charge in [-0.1, -0.05) is 32.0 Å². The van der Waals surface area contributed by atoms with E-state index in [1.54, 1.807) is 30.3 Å². The van der Waals surface area contributed by atoms with Gasteiger partial charge in [-0.25, -0.2) is 17.5 Å². The lowest BCUT2D eigenvalue weighted by atomic mass is 10.0. The Morgan fingerprint density at radius 2 is 1.92 bits per heavy atom. The van der Waals surface area contributed by atoms with Crippen LogP contribution < -0.4 is 10.1 Å². The Kier molecular flexibility index (Phi) is 5.86. The molecular weight excluding hydrogens is 364 g/mol. The number of hydrogen-bond acceptors (Lipinski definition) is 6. The van der Waals surface area contributed by atoms with Crippen LogP contribution in [0.25, 0.3) is 0 Å². The number of nitrogens with zero attached hydrogens (tertiary/aromatic N) is 1. The third-order valence-electron chi connectivity index (χ3n) is 3.78. The molecule has 0 aliphatic carbocycles. The van der Waals surface area contributed by atoms with Gasteiger partial charge in [-0.3, -0.25) is 9.59 Å². The molecule has 1 unspecified atom stereocenters. The molecule has 0 radical (unpaired) electrons. The Morgan fingerprint density at radius 3 is 2.46 bits per heavy atom. The first-order valence-corrected chi connectivity index (χ1v) is 9.50. The van der Waals surface area contributed by atoms with Gasteiger partial charge in [0, 0.05) is 0 Å². The second-order valence-corrected chi connectivity index (χ2v) is 8.05. The zero-order valence-corrected chi connectivity index (χ0v) is 15.1. The highest BCUT2D eigenvalue weighted by atomic mass is 32.2. The first-order valence-electron chi connectivity index (χ1n) is 7.89. The minimum Gasteiger partial charge on any atom is -0.484 e. The zero-order valence-electron chi connectivity index (χ0n) is 14.3. The van der Waals surface area contributed by atoms with E-state index in [-0.39, 0.29) is 0 Å². The van der Waals surface area contributed by atoms with Gasteiger partial charge in [0.2, 0.25) is 10.0 Å². The number of aliphatic carboxylic acids is 1. The van der Waals surface area contributed by atoms with Crippen molar-refractivity contribution in [3.05, 3.63) is 30.3 Å². The summed E-state index contributed by atoms with van der Waals surface area (Å²) >= 11 is 0. The summed E-state index contributed by atoms with van der Waals surface area (Å²) in [5, 5.41) is 11.6. The smallest absolute Gasteiger partial charge is 0.327 e. The van der Waals surface area contributed by atoms with Crippen LogP contribution in [0.2, 0.25) is 0 Å². The third-order valence-corrected chi connectivity index (χ3v) is 5.54. The Bertz CT molecular complexity index is 792. The van der Waals surface area contributed by atoms with E-state index in [1.807, 2.05) is 0 Å². The summed E-state index contributed by atoms with van der Waals surface area (Å²) in [5.41, 5.74) is 0. The second-order valence-electron chi connectivity index (χ2n) is 6.16. The molecule has 0 saturated carbocycles. The normalized spacial score (nSPS) is 20.0. The lowest BCUT2D eigenvalue weighted by molar-refractivity contribution is -0.147. The fraction of sp³-hybridized carbons (Fsp3) is 0.438. The third kappa shape index (κ3) is 4.31. The lowest BCUT2D eigenvalue weighted by Gasteiger charge is -2.26. The highest BCUT2D eigenvalue weighted by Crippen LogP contribution is 2.24.